The molecule has 0 aliphatic heterocycles. The molecule has 0 saturated carbocycles. The van der Waals surface area contributed by atoms with Crippen LogP contribution < -0.4 is 15.0 Å². The van der Waals surface area contributed by atoms with E-state index >= 15 is 0 Å². The Balaban J connectivity index is 2.13. The molecule has 9 heteroatoms. The smallest absolute Gasteiger partial charge is 0.282 e. The van der Waals surface area contributed by atoms with Gasteiger partial charge in [-0.25, -0.2) is 4.98 Å². The summed E-state index contributed by atoms with van der Waals surface area (Å²) >= 11 is 10.5. The first-order chi connectivity index (χ1) is 14.9. The summed E-state index contributed by atoms with van der Waals surface area (Å²) in [5.41, 5.74) is 1.08. The van der Waals surface area contributed by atoms with Crippen molar-refractivity contribution in [2.45, 2.75) is 20.3 Å². The highest BCUT2D eigenvalue weighted by Gasteiger charge is 2.17. The second-order valence-electron chi connectivity index (χ2n) is 6.25. The molecule has 0 N–H and O–H groups in total. The van der Waals surface area contributed by atoms with Crippen molar-refractivity contribution < 1.29 is 9.47 Å². The number of ether oxygens (including phenoxy) is 2. The predicted octanol–water partition coefficient (Wildman–Crippen LogP) is 5.54. The first-order valence-corrected chi connectivity index (χ1v) is 11.8. The SMILES string of the molecule is C#CCOc1c(OCC)cc(C=Nn2c(CC)nc3ccc(Br)cc3c2=O)c(Br)c1Br. The zero-order chi connectivity index (χ0) is 22.5. The topological polar surface area (TPSA) is 65.7 Å². The quantitative estimate of drug-likeness (QED) is 0.260. The third kappa shape index (κ3) is 5.03. The van der Waals surface area contributed by atoms with Gasteiger partial charge >= 0.3 is 0 Å². The van der Waals surface area contributed by atoms with E-state index in [4.69, 9.17) is 15.9 Å². The number of terminal acetylenes is 1. The maximum absolute atomic E-state index is 13.1. The van der Waals surface area contributed by atoms with Gasteiger partial charge < -0.3 is 9.47 Å². The van der Waals surface area contributed by atoms with E-state index in [2.05, 4.69) is 63.8 Å². The molecule has 0 spiro atoms. The summed E-state index contributed by atoms with van der Waals surface area (Å²) in [6, 6.07) is 7.18. The van der Waals surface area contributed by atoms with Crippen LogP contribution in [-0.4, -0.2) is 29.1 Å². The van der Waals surface area contributed by atoms with Crippen molar-refractivity contribution in [2.24, 2.45) is 5.10 Å². The summed E-state index contributed by atoms with van der Waals surface area (Å²) < 4.78 is 14.8. The van der Waals surface area contributed by atoms with E-state index in [0.717, 1.165) is 4.47 Å². The molecule has 0 aliphatic carbocycles. The minimum absolute atomic E-state index is 0.103. The van der Waals surface area contributed by atoms with Crippen LogP contribution in [0.25, 0.3) is 10.9 Å². The first-order valence-electron chi connectivity index (χ1n) is 9.37. The van der Waals surface area contributed by atoms with Crippen molar-refractivity contribution in [2.75, 3.05) is 13.2 Å². The van der Waals surface area contributed by atoms with Crippen molar-refractivity contribution in [3.05, 3.63) is 59.4 Å². The fourth-order valence-corrected chi connectivity index (χ4v) is 4.17. The lowest BCUT2D eigenvalue weighted by Crippen LogP contribution is -2.22. The van der Waals surface area contributed by atoms with Gasteiger partial charge in [-0.2, -0.15) is 9.78 Å². The lowest BCUT2D eigenvalue weighted by atomic mass is 10.2. The van der Waals surface area contributed by atoms with Crippen LogP contribution in [-0.2, 0) is 6.42 Å². The molecule has 160 valence electrons. The third-order valence-electron chi connectivity index (χ3n) is 4.26. The van der Waals surface area contributed by atoms with E-state index in [1.807, 2.05) is 26.0 Å². The molecule has 0 fully saturated rings. The Bertz CT molecular complexity index is 1260. The highest BCUT2D eigenvalue weighted by molar-refractivity contribution is 9.13. The van der Waals surface area contributed by atoms with Gasteiger partial charge in [0.25, 0.3) is 5.56 Å². The van der Waals surface area contributed by atoms with Crippen molar-refractivity contribution in [3.63, 3.8) is 0 Å². The second-order valence-corrected chi connectivity index (χ2v) is 8.75. The Labute approximate surface area is 205 Å². The van der Waals surface area contributed by atoms with E-state index in [1.54, 1.807) is 18.3 Å². The Morgan fingerprint density at radius 1 is 1.19 bits per heavy atom. The molecule has 3 aromatic rings. The van der Waals surface area contributed by atoms with Crippen LogP contribution in [0.2, 0.25) is 0 Å². The standard InChI is InChI=1S/C22H18Br3N3O3/c1-4-9-31-21-17(30-6-3)10-13(19(24)20(21)25)12-26-28-18(5-2)27-16-8-7-14(23)11-15(16)22(28)29/h1,7-8,10-12H,5-6,9H2,2-3H3. The van der Waals surface area contributed by atoms with Gasteiger partial charge in [-0.05, 0) is 63.0 Å². The van der Waals surface area contributed by atoms with E-state index in [1.165, 1.54) is 4.68 Å². The monoisotopic (exact) mass is 609 g/mol. The Hall–Kier alpha value is -2.15. The molecule has 0 saturated heterocycles. The molecule has 0 atom stereocenters. The van der Waals surface area contributed by atoms with Gasteiger partial charge in [-0.3, -0.25) is 4.79 Å². The zero-order valence-electron chi connectivity index (χ0n) is 16.8. The average Bonchev–Trinajstić information content (AvgIpc) is 2.76. The Kier molecular flexibility index (Phi) is 7.92. The van der Waals surface area contributed by atoms with Crippen LogP contribution in [0.1, 0.15) is 25.2 Å². The minimum Gasteiger partial charge on any atom is -0.490 e. The lowest BCUT2D eigenvalue weighted by molar-refractivity contribution is 0.297. The number of hydrogen-bond acceptors (Lipinski definition) is 5. The van der Waals surface area contributed by atoms with Crippen LogP contribution in [0.4, 0.5) is 0 Å². The largest absolute Gasteiger partial charge is 0.490 e. The molecular weight excluding hydrogens is 594 g/mol. The maximum Gasteiger partial charge on any atom is 0.282 e. The summed E-state index contributed by atoms with van der Waals surface area (Å²) in [6.45, 7) is 4.35. The summed E-state index contributed by atoms with van der Waals surface area (Å²) in [5.74, 6) is 4.01. The normalized spacial score (nSPS) is 11.1. The van der Waals surface area contributed by atoms with E-state index in [0.29, 0.717) is 55.8 Å². The number of rotatable bonds is 7. The number of nitrogens with zero attached hydrogens (tertiary/aromatic N) is 3. The molecule has 0 unspecified atom stereocenters. The van der Waals surface area contributed by atoms with Crippen molar-refractivity contribution in [1.82, 2.24) is 9.66 Å². The molecule has 31 heavy (non-hydrogen) atoms. The van der Waals surface area contributed by atoms with Crippen molar-refractivity contribution in [3.8, 4) is 23.8 Å². The Morgan fingerprint density at radius 3 is 2.65 bits per heavy atom. The van der Waals surface area contributed by atoms with Gasteiger partial charge in [-0.15, -0.1) is 6.42 Å². The Morgan fingerprint density at radius 2 is 1.97 bits per heavy atom. The van der Waals surface area contributed by atoms with Crippen LogP contribution >= 0.6 is 47.8 Å². The molecule has 0 amide bonds. The average molecular weight is 612 g/mol. The van der Waals surface area contributed by atoms with Crippen LogP contribution in [0.3, 0.4) is 0 Å². The molecule has 0 aliphatic rings. The molecule has 0 radical (unpaired) electrons. The molecule has 2 aromatic carbocycles. The number of benzene rings is 2. The molecule has 6 nitrogen and oxygen atoms in total. The van der Waals surface area contributed by atoms with Crippen LogP contribution in [0.15, 0.2) is 47.6 Å². The fourth-order valence-electron chi connectivity index (χ4n) is 2.87. The van der Waals surface area contributed by atoms with Crippen LogP contribution in [0.5, 0.6) is 11.5 Å². The summed E-state index contributed by atoms with van der Waals surface area (Å²) in [7, 11) is 0. The van der Waals surface area contributed by atoms with E-state index in [9.17, 15) is 4.79 Å². The highest BCUT2D eigenvalue weighted by Crippen LogP contribution is 2.42. The first kappa shape index (κ1) is 23.5. The van der Waals surface area contributed by atoms with Gasteiger partial charge in [0.05, 0.1) is 28.2 Å². The third-order valence-corrected chi connectivity index (χ3v) is 6.90. The molecule has 0 bridgehead atoms. The number of fused-ring (bicyclic) bond motifs is 1. The molecule has 1 aromatic heterocycles. The van der Waals surface area contributed by atoms with Crippen molar-refractivity contribution in [1.29, 1.82) is 0 Å². The van der Waals surface area contributed by atoms with E-state index < -0.39 is 0 Å². The summed E-state index contributed by atoms with van der Waals surface area (Å²) in [5, 5.41) is 4.93. The van der Waals surface area contributed by atoms with Crippen LogP contribution in [0, 0.1) is 12.3 Å². The number of aromatic nitrogens is 2. The van der Waals surface area contributed by atoms with Gasteiger partial charge in [-0.1, -0.05) is 28.8 Å². The van der Waals surface area contributed by atoms with Crippen molar-refractivity contribution >= 4 is 64.9 Å². The lowest BCUT2D eigenvalue weighted by Gasteiger charge is -2.15. The number of aryl methyl sites for hydroxylation is 1. The maximum atomic E-state index is 13.1. The second kappa shape index (κ2) is 10.4. The van der Waals surface area contributed by atoms with Gasteiger partial charge in [0.2, 0.25) is 0 Å². The summed E-state index contributed by atoms with van der Waals surface area (Å²) in [6.07, 6.45) is 7.44. The molecule has 3 rings (SSSR count). The predicted molar refractivity (Wildman–Crippen MR) is 133 cm³/mol. The number of halogens is 3. The van der Waals surface area contributed by atoms with Gasteiger partial charge in [0.15, 0.2) is 11.5 Å². The minimum atomic E-state index is -0.242. The fraction of sp³-hybridized carbons (Fsp3) is 0.227. The zero-order valence-corrected chi connectivity index (χ0v) is 21.5. The molecular formula is C22H18Br3N3O3. The van der Waals surface area contributed by atoms with Gasteiger partial charge in [0, 0.05) is 20.9 Å². The molecule has 1 heterocycles. The number of hydrogen-bond donors (Lipinski definition) is 0. The summed E-state index contributed by atoms with van der Waals surface area (Å²) in [4.78, 5) is 17.7. The van der Waals surface area contributed by atoms with Gasteiger partial charge in [0.1, 0.15) is 12.4 Å². The highest BCUT2D eigenvalue weighted by atomic mass is 79.9. The van der Waals surface area contributed by atoms with E-state index in [-0.39, 0.29) is 12.2 Å².